The predicted molar refractivity (Wildman–Crippen MR) is 67.6 cm³/mol. The maximum Gasteiger partial charge on any atom is 0.112 e. The molecule has 2 N–H and O–H groups in total. The van der Waals surface area contributed by atoms with Crippen molar-refractivity contribution in [1.82, 2.24) is 15.0 Å². The van der Waals surface area contributed by atoms with Gasteiger partial charge in [0.15, 0.2) is 0 Å². The van der Waals surface area contributed by atoms with Gasteiger partial charge in [-0.3, -0.25) is 0 Å². The van der Waals surface area contributed by atoms with Crippen LogP contribution in [0.1, 0.15) is 11.5 Å². The molecule has 0 aliphatic heterocycles. The molecule has 0 spiro atoms. The number of hydrogen-bond donors (Lipinski definition) is 2. The lowest BCUT2D eigenvalue weighted by atomic mass is 10.2. The summed E-state index contributed by atoms with van der Waals surface area (Å²) in [4.78, 5) is 11.0. The Kier molecular flexibility index (Phi) is 2.50. The van der Waals surface area contributed by atoms with Crippen molar-refractivity contribution in [2.75, 3.05) is 0 Å². The molecule has 3 rings (SSSR count). The molecule has 0 amide bonds. The maximum atomic E-state index is 4.58. The zero-order valence-electron chi connectivity index (χ0n) is 9.35. The Morgan fingerprint density at radius 3 is 2.59 bits per heavy atom. The summed E-state index contributed by atoms with van der Waals surface area (Å²) < 4.78 is 0. The van der Waals surface area contributed by atoms with Gasteiger partial charge in [-0.1, -0.05) is 30.3 Å². The van der Waals surface area contributed by atoms with Crippen molar-refractivity contribution in [3.05, 3.63) is 66.4 Å². The molecule has 2 heterocycles. The van der Waals surface area contributed by atoms with Crippen LogP contribution >= 0.6 is 0 Å². The van der Waals surface area contributed by atoms with Gasteiger partial charge in [0, 0.05) is 30.1 Å². The van der Waals surface area contributed by atoms with Crippen molar-refractivity contribution in [2.45, 2.75) is 6.42 Å². The Morgan fingerprint density at radius 1 is 0.941 bits per heavy atom. The third kappa shape index (κ3) is 2.13. The fourth-order valence-electron chi connectivity index (χ4n) is 1.87. The van der Waals surface area contributed by atoms with Gasteiger partial charge in [-0.05, 0) is 12.1 Å². The molecule has 0 bridgehead atoms. The molecule has 0 unspecified atom stereocenters. The van der Waals surface area contributed by atoms with Crippen LogP contribution in [0.2, 0.25) is 0 Å². The van der Waals surface area contributed by atoms with Crippen LogP contribution in [0.4, 0.5) is 0 Å². The SMILES string of the molecule is c1ccc(-c2c[nH]c(Cc3ccc[nH]3)n2)cc1. The van der Waals surface area contributed by atoms with Gasteiger partial charge in [0.1, 0.15) is 5.82 Å². The average molecular weight is 223 g/mol. The predicted octanol–water partition coefficient (Wildman–Crippen LogP) is 3.00. The van der Waals surface area contributed by atoms with Crippen LogP contribution < -0.4 is 0 Å². The van der Waals surface area contributed by atoms with Crippen LogP contribution in [0.25, 0.3) is 11.3 Å². The molecule has 0 radical (unpaired) electrons. The second-order valence-corrected chi connectivity index (χ2v) is 3.97. The van der Waals surface area contributed by atoms with E-state index < -0.39 is 0 Å². The van der Waals surface area contributed by atoms with Crippen LogP contribution in [0.5, 0.6) is 0 Å². The standard InChI is InChI=1S/C14H13N3/c1-2-5-11(6-3-1)13-10-16-14(17-13)9-12-7-4-8-15-12/h1-8,10,15H,9H2,(H,16,17). The lowest BCUT2D eigenvalue weighted by molar-refractivity contribution is 0.992. The normalized spacial score (nSPS) is 10.6. The second-order valence-electron chi connectivity index (χ2n) is 3.97. The van der Waals surface area contributed by atoms with Gasteiger partial charge in [-0.15, -0.1) is 0 Å². The van der Waals surface area contributed by atoms with Crippen molar-refractivity contribution in [2.24, 2.45) is 0 Å². The number of H-pyrrole nitrogens is 2. The van der Waals surface area contributed by atoms with Crippen LogP contribution in [-0.4, -0.2) is 15.0 Å². The minimum Gasteiger partial charge on any atom is -0.365 e. The van der Waals surface area contributed by atoms with Crippen molar-refractivity contribution in [1.29, 1.82) is 0 Å². The zero-order valence-corrected chi connectivity index (χ0v) is 9.35. The van der Waals surface area contributed by atoms with Gasteiger partial charge >= 0.3 is 0 Å². The Bertz CT molecular complexity index is 579. The van der Waals surface area contributed by atoms with Gasteiger partial charge in [0.2, 0.25) is 0 Å². The first-order valence-corrected chi connectivity index (χ1v) is 5.64. The van der Waals surface area contributed by atoms with Gasteiger partial charge in [-0.25, -0.2) is 4.98 Å². The number of aromatic nitrogens is 3. The first kappa shape index (κ1) is 9.90. The fourth-order valence-corrected chi connectivity index (χ4v) is 1.87. The van der Waals surface area contributed by atoms with E-state index in [0.717, 1.165) is 23.5 Å². The van der Waals surface area contributed by atoms with Crippen LogP contribution in [0.15, 0.2) is 54.9 Å². The molecule has 3 aromatic rings. The van der Waals surface area contributed by atoms with E-state index in [1.54, 1.807) is 0 Å². The molecule has 2 aromatic heterocycles. The summed E-state index contributed by atoms with van der Waals surface area (Å²) in [6, 6.07) is 14.2. The molecule has 17 heavy (non-hydrogen) atoms. The monoisotopic (exact) mass is 223 g/mol. The lowest BCUT2D eigenvalue weighted by Crippen LogP contribution is -1.90. The number of nitrogens with one attached hydrogen (secondary N) is 2. The van der Waals surface area contributed by atoms with Gasteiger partial charge in [0.25, 0.3) is 0 Å². The second kappa shape index (κ2) is 4.29. The summed E-state index contributed by atoms with van der Waals surface area (Å²) in [6.07, 6.45) is 4.68. The Morgan fingerprint density at radius 2 is 1.82 bits per heavy atom. The molecule has 0 aliphatic carbocycles. The van der Waals surface area contributed by atoms with E-state index in [2.05, 4.69) is 33.2 Å². The summed E-state index contributed by atoms with van der Waals surface area (Å²) in [5.41, 5.74) is 3.30. The molecule has 0 atom stereocenters. The molecular formula is C14H13N3. The molecule has 0 saturated heterocycles. The molecule has 0 aliphatic rings. The number of imidazole rings is 1. The largest absolute Gasteiger partial charge is 0.365 e. The van der Waals surface area contributed by atoms with E-state index in [1.807, 2.05) is 36.7 Å². The van der Waals surface area contributed by atoms with Crippen LogP contribution in [-0.2, 0) is 6.42 Å². The number of aromatic amines is 2. The molecular weight excluding hydrogens is 210 g/mol. The summed E-state index contributed by atoms with van der Waals surface area (Å²) in [5, 5.41) is 0. The third-order valence-electron chi connectivity index (χ3n) is 2.72. The number of nitrogens with zero attached hydrogens (tertiary/aromatic N) is 1. The Balaban J connectivity index is 1.84. The zero-order chi connectivity index (χ0) is 11.5. The summed E-state index contributed by atoms with van der Waals surface area (Å²) in [5.74, 6) is 0.978. The molecule has 3 nitrogen and oxygen atoms in total. The van der Waals surface area contributed by atoms with E-state index in [1.165, 1.54) is 5.69 Å². The Labute approximate surface area is 99.5 Å². The van der Waals surface area contributed by atoms with Crippen molar-refractivity contribution >= 4 is 0 Å². The van der Waals surface area contributed by atoms with E-state index in [9.17, 15) is 0 Å². The maximum absolute atomic E-state index is 4.58. The highest BCUT2D eigenvalue weighted by Crippen LogP contribution is 2.16. The van der Waals surface area contributed by atoms with Gasteiger partial charge in [-0.2, -0.15) is 0 Å². The summed E-state index contributed by atoms with van der Waals surface area (Å²) in [6.45, 7) is 0. The van der Waals surface area contributed by atoms with Gasteiger partial charge < -0.3 is 9.97 Å². The summed E-state index contributed by atoms with van der Waals surface area (Å²) >= 11 is 0. The van der Waals surface area contributed by atoms with Crippen molar-refractivity contribution in [3.63, 3.8) is 0 Å². The third-order valence-corrected chi connectivity index (χ3v) is 2.72. The first-order chi connectivity index (χ1) is 8.42. The molecule has 3 heteroatoms. The molecule has 84 valence electrons. The quantitative estimate of drug-likeness (QED) is 0.704. The van der Waals surface area contributed by atoms with Gasteiger partial charge in [0.05, 0.1) is 5.69 Å². The summed E-state index contributed by atoms with van der Waals surface area (Å²) in [7, 11) is 0. The highest BCUT2D eigenvalue weighted by Gasteiger charge is 2.04. The fraction of sp³-hybridized carbons (Fsp3) is 0.0714. The minimum absolute atomic E-state index is 0.805. The van der Waals surface area contributed by atoms with Crippen LogP contribution in [0, 0.1) is 0 Å². The molecule has 0 fully saturated rings. The molecule has 1 aromatic carbocycles. The Hall–Kier alpha value is -2.29. The first-order valence-electron chi connectivity index (χ1n) is 5.64. The minimum atomic E-state index is 0.805. The van der Waals surface area contributed by atoms with E-state index in [0.29, 0.717) is 0 Å². The smallest absolute Gasteiger partial charge is 0.112 e. The highest BCUT2D eigenvalue weighted by molar-refractivity contribution is 5.58. The number of rotatable bonds is 3. The van der Waals surface area contributed by atoms with Crippen molar-refractivity contribution < 1.29 is 0 Å². The molecule has 0 saturated carbocycles. The average Bonchev–Trinajstić information content (AvgIpc) is 3.02. The van der Waals surface area contributed by atoms with Crippen LogP contribution in [0.3, 0.4) is 0 Å². The topological polar surface area (TPSA) is 44.5 Å². The van der Waals surface area contributed by atoms with E-state index in [-0.39, 0.29) is 0 Å². The lowest BCUT2D eigenvalue weighted by Gasteiger charge is -1.94. The van der Waals surface area contributed by atoms with Crippen molar-refractivity contribution in [3.8, 4) is 11.3 Å². The number of benzene rings is 1. The number of hydrogen-bond acceptors (Lipinski definition) is 1. The van der Waals surface area contributed by atoms with E-state index >= 15 is 0 Å². The van der Waals surface area contributed by atoms with E-state index in [4.69, 9.17) is 0 Å². The highest BCUT2D eigenvalue weighted by atomic mass is 14.9.